The van der Waals surface area contributed by atoms with Crippen LogP contribution in [0.4, 0.5) is 5.69 Å². The zero-order valence-electron chi connectivity index (χ0n) is 18.7. The second-order valence-electron chi connectivity index (χ2n) is 8.19. The van der Waals surface area contributed by atoms with Crippen molar-refractivity contribution in [1.82, 2.24) is 10.0 Å². The van der Waals surface area contributed by atoms with Gasteiger partial charge in [-0.1, -0.05) is 18.2 Å². The van der Waals surface area contributed by atoms with Crippen molar-refractivity contribution in [3.63, 3.8) is 0 Å². The maximum atomic E-state index is 12.6. The van der Waals surface area contributed by atoms with E-state index in [1.54, 1.807) is 48.5 Å². The van der Waals surface area contributed by atoms with Crippen molar-refractivity contribution < 1.29 is 22.4 Å². The van der Waals surface area contributed by atoms with Crippen molar-refractivity contribution in [3.05, 3.63) is 83.3 Å². The molecule has 0 radical (unpaired) electrons. The Morgan fingerprint density at radius 3 is 2.44 bits per heavy atom. The third kappa shape index (κ3) is 6.12. The lowest BCUT2D eigenvalue weighted by atomic mass is 9.92. The Morgan fingerprint density at radius 2 is 1.71 bits per heavy atom. The summed E-state index contributed by atoms with van der Waals surface area (Å²) in [7, 11) is -3.66. The summed E-state index contributed by atoms with van der Waals surface area (Å²) in [4.78, 5) is 24.4. The molecular formula is C25H27N3O5S. The molecule has 178 valence electrons. The van der Waals surface area contributed by atoms with Gasteiger partial charge < -0.3 is 15.1 Å². The number of hydrogen-bond donors (Lipinski definition) is 3. The first-order valence-electron chi connectivity index (χ1n) is 11.2. The van der Waals surface area contributed by atoms with Crippen molar-refractivity contribution in [1.29, 1.82) is 0 Å². The highest BCUT2D eigenvalue weighted by Gasteiger charge is 2.18. The Hall–Kier alpha value is -3.43. The molecule has 1 aliphatic carbocycles. The lowest BCUT2D eigenvalue weighted by molar-refractivity contribution is -0.121. The number of anilines is 1. The predicted octanol–water partition coefficient (Wildman–Crippen LogP) is 3.40. The van der Waals surface area contributed by atoms with E-state index in [1.807, 2.05) is 6.07 Å². The van der Waals surface area contributed by atoms with E-state index in [4.69, 9.17) is 4.42 Å². The van der Waals surface area contributed by atoms with Gasteiger partial charge in [0.05, 0.1) is 11.2 Å². The summed E-state index contributed by atoms with van der Waals surface area (Å²) in [5.41, 5.74) is 3.77. The van der Waals surface area contributed by atoms with Gasteiger partial charge in [0.1, 0.15) is 0 Å². The van der Waals surface area contributed by atoms with E-state index in [9.17, 15) is 18.0 Å². The summed E-state index contributed by atoms with van der Waals surface area (Å²) in [6.07, 6.45) is 5.57. The molecule has 8 nitrogen and oxygen atoms in total. The molecule has 0 fully saturated rings. The highest BCUT2D eigenvalue weighted by atomic mass is 32.2. The van der Waals surface area contributed by atoms with Gasteiger partial charge >= 0.3 is 0 Å². The molecule has 1 aromatic heterocycles. The van der Waals surface area contributed by atoms with E-state index in [0.717, 1.165) is 36.8 Å². The minimum absolute atomic E-state index is 0.0169. The van der Waals surface area contributed by atoms with Crippen LogP contribution in [0.5, 0.6) is 0 Å². The molecule has 9 heteroatoms. The van der Waals surface area contributed by atoms with Crippen LogP contribution in [0, 0.1) is 0 Å². The van der Waals surface area contributed by atoms with Crippen LogP contribution in [0.15, 0.2) is 70.2 Å². The van der Waals surface area contributed by atoms with Crippen LogP contribution < -0.4 is 15.4 Å². The lowest BCUT2D eigenvalue weighted by Crippen LogP contribution is -2.30. The summed E-state index contributed by atoms with van der Waals surface area (Å²) in [6, 6.07) is 15.5. The molecule has 0 atom stereocenters. The van der Waals surface area contributed by atoms with Crippen molar-refractivity contribution >= 4 is 27.5 Å². The topological polar surface area (TPSA) is 118 Å². The van der Waals surface area contributed by atoms with Gasteiger partial charge in [-0.05, 0) is 78.8 Å². The van der Waals surface area contributed by atoms with Crippen LogP contribution in [0.1, 0.15) is 46.5 Å². The summed E-state index contributed by atoms with van der Waals surface area (Å²) in [6.45, 7) is 0.311. The standard InChI is InChI=1S/C25H27N3O5S/c29-24(13-14-27-34(31,32)22-12-9-19-4-1-2-5-20(19)16-22)26-17-18-7-10-21(11-8-18)28-25(30)23-6-3-15-33-23/h3,6-12,15-16,27H,1-2,4-5,13-14,17H2,(H,26,29)(H,28,30). The highest BCUT2D eigenvalue weighted by molar-refractivity contribution is 7.89. The minimum Gasteiger partial charge on any atom is -0.459 e. The number of carbonyl (C=O) groups excluding carboxylic acids is 2. The molecule has 4 rings (SSSR count). The minimum atomic E-state index is -3.66. The number of sulfonamides is 1. The molecule has 0 bridgehead atoms. The molecule has 2 amide bonds. The zero-order chi connectivity index (χ0) is 24.0. The van der Waals surface area contributed by atoms with E-state index in [2.05, 4.69) is 15.4 Å². The fraction of sp³-hybridized carbons (Fsp3) is 0.280. The van der Waals surface area contributed by atoms with Gasteiger partial charge in [0.15, 0.2) is 5.76 Å². The third-order valence-electron chi connectivity index (χ3n) is 5.72. The average molecular weight is 482 g/mol. The molecule has 0 spiro atoms. The van der Waals surface area contributed by atoms with E-state index in [1.165, 1.54) is 11.8 Å². The van der Waals surface area contributed by atoms with Crippen LogP contribution >= 0.6 is 0 Å². The van der Waals surface area contributed by atoms with Crippen LogP contribution in [0.2, 0.25) is 0 Å². The number of amides is 2. The predicted molar refractivity (Wildman–Crippen MR) is 128 cm³/mol. The smallest absolute Gasteiger partial charge is 0.291 e. The van der Waals surface area contributed by atoms with Crippen LogP contribution in [-0.4, -0.2) is 26.8 Å². The second kappa shape index (κ2) is 10.7. The Morgan fingerprint density at radius 1 is 0.941 bits per heavy atom. The van der Waals surface area contributed by atoms with E-state index >= 15 is 0 Å². The molecular weight excluding hydrogens is 454 g/mol. The number of aryl methyl sites for hydroxylation is 2. The van der Waals surface area contributed by atoms with Crippen LogP contribution in [-0.2, 0) is 34.2 Å². The van der Waals surface area contributed by atoms with Crippen molar-refractivity contribution in [3.8, 4) is 0 Å². The molecule has 1 heterocycles. The van der Waals surface area contributed by atoms with Gasteiger partial charge in [-0.3, -0.25) is 9.59 Å². The molecule has 0 aliphatic heterocycles. The fourth-order valence-corrected chi connectivity index (χ4v) is 4.94. The van der Waals surface area contributed by atoms with Gasteiger partial charge in [0.2, 0.25) is 15.9 Å². The molecule has 3 aromatic rings. The van der Waals surface area contributed by atoms with E-state index < -0.39 is 10.0 Å². The van der Waals surface area contributed by atoms with Crippen molar-refractivity contribution in [2.75, 3.05) is 11.9 Å². The highest BCUT2D eigenvalue weighted by Crippen LogP contribution is 2.24. The van der Waals surface area contributed by atoms with Crippen LogP contribution in [0.3, 0.4) is 0 Å². The second-order valence-corrected chi connectivity index (χ2v) is 9.96. The van der Waals surface area contributed by atoms with Gasteiger partial charge in [0.25, 0.3) is 5.91 Å². The molecule has 34 heavy (non-hydrogen) atoms. The Kier molecular flexibility index (Phi) is 7.44. The lowest BCUT2D eigenvalue weighted by Gasteiger charge is -2.16. The molecule has 3 N–H and O–H groups in total. The van der Waals surface area contributed by atoms with Gasteiger partial charge in [-0.15, -0.1) is 0 Å². The van der Waals surface area contributed by atoms with Gasteiger partial charge in [-0.25, -0.2) is 13.1 Å². The quantitative estimate of drug-likeness (QED) is 0.433. The normalized spacial score (nSPS) is 13.2. The largest absolute Gasteiger partial charge is 0.459 e. The van der Waals surface area contributed by atoms with E-state index in [-0.39, 0.29) is 35.4 Å². The number of benzene rings is 2. The van der Waals surface area contributed by atoms with Crippen molar-refractivity contribution in [2.24, 2.45) is 0 Å². The maximum Gasteiger partial charge on any atom is 0.291 e. The van der Waals surface area contributed by atoms with Gasteiger partial charge in [0, 0.05) is 25.2 Å². The first-order chi connectivity index (χ1) is 16.4. The van der Waals surface area contributed by atoms with E-state index in [0.29, 0.717) is 12.2 Å². The first kappa shape index (κ1) is 23.7. The summed E-state index contributed by atoms with van der Waals surface area (Å²) in [5.74, 6) is -0.384. The van der Waals surface area contributed by atoms with Crippen molar-refractivity contribution in [2.45, 2.75) is 43.5 Å². The Balaban J connectivity index is 1.21. The maximum absolute atomic E-state index is 12.6. The summed E-state index contributed by atoms with van der Waals surface area (Å²) >= 11 is 0. The van der Waals surface area contributed by atoms with Gasteiger partial charge in [-0.2, -0.15) is 0 Å². The number of furan rings is 1. The Labute approximate surface area is 198 Å². The summed E-state index contributed by atoms with van der Waals surface area (Å²) < 4.78 is 32.7. The Bertz CT molecular complexity index is 1250. The SMILES string of the molecule is O=C(CCNS(=O)(=O)c1ccc2c(c1)CCCC2)NCc1ccc(NC(=O)c2ccco2)cc1. The molecule has 0 saturated carbocycles. The fourth-order valence-electron chi connectivity index (χ4n) is 3.85. The molecule has 2 aromatic carbocycles. The third-order valence-corrected chi connectivity index (χ3v) is 7.18. The first-order valence-corrected chi connectivity index (χ1v) is 12.7. The molecule has 0 unspecified atom stereocenters. The monoisotopic (exact) mass is 481 g/mol. The number of hydrogen-bond acceptors (Lipinski definition) is 5. The number of nitrogens with one attached hydrogen (secondary N) is 3. The zero-order valence-corrected chi connectivity index (χ0v) is 19.5. The number of fused-ring (bicyclic) bond motifs is 1. The molecule has 1 aliphatic rings. The summed E-state index contributed by atoms with van der Waals surface area (Å²) in [5, 5.41) is 5.50. The number of carbonyl (C=O) groups is 2. The average Bonchev–Trinajstić information content (AvgIpc) is 3.38. The molecule has 0 saturated heterocycles. The number of rotatable bonds is 9. The van der Waals surface area contributed by atoms with Crippen LogP contribution in [0.25, 0.3) is 0 Å².